The number of carbonyl (C=O) groups is 1. The average Bonchev–Trinajstić information content (AvgIpc) is 0.786. The smallest absolute Gasteiger partial charge is 0.220 e. The van der Waals surface area contributed by atoms with Crippen LogP contribution in [0.3, 0.4) is 0 Å². The molecule has 1 amide bonds. The Kier molecular flexibility index (Phi) is 52.5. The maximum Gasteiger partial charge on any atom is 0.220 e. The van der Waals surface area contributed by atoms with Crippen LogP contribution in [-0.2, 0) is 33.2 Å². The summed E-state index contributed by atoms with van der Waals surface area (Å²) < 4.78 is 34.4. The monoisotopic (exact) mass is 1350 g/mol. The minimum Gasteiger partial charge on any atom is -0.394 e. The number of ether oxygens (including phenoxy) is 6. The van der Waals surface area contributed by atoms with Gasteiger partial charge in [-0.25, -0.2) is 0 Å². The van der Waals surface area contributed by atoms with Crippen molar-refractivity contribution in [3.8, 4) is 0 Å². The second-order valence-corrected chi connectivity index (χ2v) is 27.5. The highest BCUT2D eigenvalue weighted by Crippen LogP contribution is 2.33. The van der Waals surface area contributed by atoms with E-state index in [4.69, 9.17) is 28.4 Å². The Morgan fingerprint density at radius 3 is 1.08 bits per heavy atom. The van der Waals surface area contributed by atoms with E-state index in [0.717, 1.165) is 57.8 Å². The molecule has 0 aromatic heterocycles. The molecule has 0 aliphatic carbocycles. The van der Waals surface area contributed by atoms with Gasteiger partial charge in [0.2, 0.25) is 5.91 Å². The number of amides is 1. The molecule has 3 rings (SSSR count). The first-order valence-electron chi connectivity index (χ1n) is 38.4. The van der Waals surface area contributed by atoms with Crippen LogP contribution in [0.5, 0.6) is 0 Å². The quantitative estimate of drug-likeness (QED) is 0.0199. The lowest BCUT2D eigenvalue weighted by molar-refractivity contribution is -0.379. The van der Waals surface area contributed by atoms with Crippen LogP contribution < -0.4 is 5.32 Å². The maximum atomic E-state index is 13.5. The molecule has 3 fully saturated rings. The standard InChI is InChI=1S/C76H139NO18/c1-3-5-7-9-11-13-15-17-19-21-23-25-26-27-28-29-30-31-32-34-36-38-40-42-44-46-48-50-52-54-64(82)77-59(60(81)53-51-49-47-45-43-41-39-37-35-33-24-22-20-18-16-14-12-10-8-6-4-2)58-90-74-70(88)67(85)72(62(56-79)92-74)95-76-71(89)68(86)73(63(57-80)93-76)94-75-69(87)66(84)65(83)61(55-78)91-75/h15,17,21,23,26-27,51,53,59-63,65-76,78-81,83-89H,3-14,16,18-20,22,24-25,28-50,52,54-58H2,1-2H3,(H,77,82)/b17-15-,23-21-,27-26-,53-51+. The normalized spacial score (nSPS) is 27.4. The van der Waals surface area contributed by atoms with E-state index < -0.39 is 124 Å². The average molecular weight is 1350 g/mol. The van der Waals surface area contributed by atoms with E-state index >= 15 is 0 Å². The van der Waals surface area contributed by atoms with Crippen LogP contribution in [0.4, 0.5) is 0 Å². The molecule has 3 aliphatic heterocycles. The summed E-state index contributed by atoms with van der Waals surface area (Å²) in [5.74, 6) is -0.273. The van der Waals surface area contributed by atoms with Crippen LogP contribution in [0.25, 0.3) is 0 Å². The van der Waals surface area contributed by atoms with Gasteiger partial charge in [-0.2, -0.15) is 0 Å². The van der Waals surface area contributed by atoms with Gasteiger partial charge in [0.25, 0.3) is 0 Å². The van der Waals surface area contributed by atoms with Crippen molar-refractivity contribution in [2.45, 2.75) is 401 Å². The van der Waals surface area contributed by atoms with Gasteiger partial charge >= 0.3 is 0 Å². The van der Waals surface area contributed by atoms with Crippen LogP contribution in [0.2, 0.25) is 0 Å². The van der Waals surface area contributed by atoms with Crippen molar-refractivity contribution in [1.29, 1.82) is 0 Å². The van der Waals surface area contributed by atoms with Crippen molar-refractivity contribution >= 4 is 5.91 Å². The Morgan fingerprint density at radius 1 is 0.379 bits per heavy atom. The maximum absolute atomic E-state index is 13.5. The number of carbonyl (C=O) groups excluding carboxylic acids is 1. The van der Waals surface area contributed by atoms with E-state index in [1.165, 1.54) is 212 Å². The zero-order valence-electron chi connectivity index (χ0n) is 59.2. The summed E-state index contributed by atoms with van der Waals surface area (Å²) >= 11 is 0. The highest BCUT2D eigenvalue weighted by Gasteiger charge is 2.53. The third-order valence-electron chi connectivity index (χ3n) is 19.1. The number of hydrogen-bond acceptors (Lipinski definition) is 18. The Balaban J connectivity index is 1.39. The van der Waals surface area contributed by atoms with Gasteiger partial charge in [0.05, 0.1) is 38.6 Å². The molecular formula is C76H139NO18. The number of allylic oxidation sites excluding steroid dienone is 7. The molecule has 0 spiro atoms. The predicted octanol–water partition coefficient (Wildman–Crippen LogP) is 11.7. The Labute approximate surface area is 573 Å². The minimum absolute atomic E-state index is 0.243. The molecule has 0 saturated carbocycles. The molecule has 3 heterocycles. The first kappa shape index (κ1) is 87.0. The van der Waals surface area contributed by atoms with Gasteiger partial charge in [0.1, 0.15) is 73.2 Å². The third-order valence-corrected chi connectivity index (χ3v) is 19.1. The highest BCUT2D eigenvalue weighted by atomic mass is 16.8. The predicted molar refractivity (Wildman–Crippen MR) is 374 cm³/mol. The lowest BCUT2D eigenvalue weighted by Gasteiger charge is -2.48. The second-order valence-electron chi connectivity index (χ2n) is 27.5. The van der Waals surface area contributed by atoms with Crippen molar-refractivity contribution in [1.82, 2.24) is 5.32 Å². The molecule has 3 saturated heterocycles. The molecule has 0 aromatic carbocycles. The number of hydrogen-bond donors (Lipinski definition) is 12. The molecule has 19 nitrogen and oxygen atoms in total. The van der Waals surface area contributed by atoms with E-state index in [-0.39, 0.29) is 18.9 Å². The summed E-state index contributed by atoms with van der Waals surface area (Å²) in [7, 11) is 0. The van der Waals surface area contributed by atoms with Gasteiger partial charge in [0, 0.05) is 6.42 Å². The number of unbranched alkanes of at least 4 members (excludes halogenated alkanes) is 38. The second kappa shape index (κ2) is 57.4. The summed E-state index contributed by atoms with van der Waals surface area (Å²) in [6.45, 7) is 1.76. The lowest BCUT2D eigenvalue weighted by atomic mass is 9.96. The molecule has 17 atom stereocenters. The molecule has 0 aromatic rings. The van der Waals surface area contributed by atoms with Crippen LogP contribution in [0.1, 0.15) is 296 Å². The van der Waals surface area contributed by atoms with Gasteiger partial charge in [0.15, 0.2) is 18.9 Å². The van der Waals surface area contributed by atoms with Gasteiger partial charge in [-0.15, -0.1) is 0 Å². The summed E-state index contributed by atoms with van der Waals surface area (Å²) in [4.78, 5) is 13.5. The van der Waals surface area contributed by atoms with Gasteiger partial charge < -0.3 is 89.9 Å². The van der Waals surface area contributed by atoms with Crippen LogP contribution in [0.15, 0.2) is 48.6 Å². The summed E-state index contributed by atoms with van der Waals surface area (Å²) in [5, 5.41) is 121. The molecule has 12 N–H and O–H groups in total. The number of aliphatic hydroxyl groups excluding tert-OH is 11. The van der Waals surface area contributed by atoms with Crippen molar-refractivity contribution in [2.75, 3.05) is 26.4 Å². The Hall–Kier alpha value is -2.25. The van der Waals surface area contributed by atoms with Gasteiger partial charge in [-0.3, -0.25) is 4.79 Å². The Bertz CT molecular complexity index is 1910. The fourth-order valence-electron chi connectivity index (χ4n) is 12.9. The van der Waals surface area contributed by atoms with E-state index in [0.29, 0.717) is 6.42 Å². The highest BCUT2D eigenvalue weighted by molar-refractivity contribution is 5.76. The molecular weight excluding hydrogens is 1210 g/mol. The topological polar surface area (TPSA) is 307 Å². The van der Waals surface area contributed by atoms with Crippen LogP contribution >= 0.6 is 0 Å². The minimum atomic E-state index is -1.98. The van der Waals surface area contributed by atoms with Crippen molar-refractivity contribution in [3.05, 3.63) is 48.6 Å². The molecule has 17 unspecified atom stereocenters. The summed E-state index contributed by atoms with van der Waals surface area (Å²) in [6, 6.07) is -0.975. The van der Waals surface area contributed by atoms with E-state index in [9.17, 15) is 61.0 Å². The number of rotatable bonds is 60. The molecule has 3 aliphatic rings. The zero-order valence-corrected chi connectivity index (χ0v) is 59.2. The molecule has 19 heteroatoms. The van der Waals surface area contributed by atoms with Crippen molar-refractivity contribution < 1.29 is 89.4 Å². The van der Waals surface area contributed by atoms with Crippen molar-refractivity contribution in [3.63, 3.8) is 0 Å². The summed E-state index contributed by atoms with van der Waals surface area (Å²) in [6.07, 6.45) is 43.7. The fraction of sp³-hybridized carbons (Fsp3) is 0.882. The first-order chi connectivity index (χ1) is 46.3. The SMILES string of the molecule is CCCCCCC/C=C\C/C=C\C/C=C\CCCCCCCCCCCCCCCCC(=O)NC(COC1OC(CO)C(OC2OC(CO)C(OC3OC(CO)C(O)C(O)C3O)C(O)C2O)C(O)C1O)C(O)/C=C/CCCCCCCCCCCCCCCCCCCCC. The van der Waals surface area contributed by atoms with Gasteiger partial charge in [-0.1, -0.05) is 281 Å². The third kappa shape index (κ3) is 38.4. The molecule has 556 valence electrons. The Morgan fingerprint density at radius 2 is 0.695 bits per heavy atom. The molecule has 0 radical (unpaired) electrons. The fourth-order valence-corrected chi connectivity index (χ4v) is 12.9. The molecule has 95 heavy (non-hydrogen) atoms. The van der Waals surface area contributed by atoms with E-state index in [2.05, 4.69) is 55.6 Å². The van der Waals surface area contributed by atoms with Crippen molar-refractivity contribution in [2.24, 2.45) is 0 Å². The lowest BCUT2D eigenvalue weighted by Crippen LogP contribution is -2.66. The first-order valence-corrected chi connectivity index (χ1v) is 38.4. The van der Waals surface area contributed by atoms with E-state index in [1.807, 2.05) is 6.08 Å². The van der Waals surface area contributed by atoms with E-state index in [1.54, 1.807) is 6.08 Å². The van der Waals surface area contributed by atoms with Crippen LogP contribution in [-0.4, -0.2) is 193 Å². The van der Waals surface area contributed by atoms with Gasteiger partial charge in [-0.05, 0) is 57.8 Å². The summed E-state index contributed by atoms with van der Waals surface area (Å²) in [5.41, 5.74) is 0. The largest absolute Gasteiger partial charge is 0.394 e. The number of aliphatic hydroxyl groups is 11. The van der Waals surface area contributed by atoms with Crippen LogP contribution in [0, 0.1) is 0 Å². The molecule has 0 bridgehead atoms. The number of nitrogens with one attached hydrogen (secondary N) is 1. The zero-order chi connectivity index (χ0) is 68.9.